The number of H-pyrrole nitrogens is 1. The number of nitro benzene ring substituents is 1. The molecule has 0 bridgehead atoms. The van der Waals surface area contributed by atoms with E-state index in [1.165, 1.54) is 35.0 Å². The van der Waals surface area contributed by atoms with Gasteiger partial charge in [-0.2, -0.15) is 0 Å². The molecule has 3 aliphatic heterocycles. The fraction of sp³-hybridized carbons (Fsp3) is 0.420. The molecule has 5 heterocycles. The normalized spacial score (nSPS) is 19.1. The number of aromatic amines is 1. The maximum Gasteiger partial charge on any atom is 0.277 e. The minimum Gasteiger partial charge on any atom is -0.493 e. The van der Waals surface area contributed by atoms with Crippen LogP contribution in [-0.2, 0) is 21.2 Å². The first-order valence-electron chi connectivity index (χ1n) is 23.3. The van der Waals surface area contributed by atoms with Gasteiger partial charge in [0.2, 0.25) is 5.91 Å². The molecule has 4 aliphatic rings. The molecular weight excluding hydrogens is 908 g/mol. The quantitative estimate of drug-likeness (QED) is 0.0860. The number of halogens is 1. The molecule has 0 spiro atoms. The van der Waals surface area contributed by atoms with Gasteiger partial charge in [0.05, 0.1) is 33.7 Å². The molecule has 358 valence electrons. The van der Waals surface area contributed by atoms with Gasteiger partial charge >= 0.3 is 0 Å². The summed E-state index contributed by atoms with van der Waals surface area (Å²) in [5.41, 5.74) is 5.59. The van der Waals surface area contributed by atoms with Crippen LogP contribution in [0, 0.1) is 21.4 Å². The lowest BCUT2D eigenvalue weighted by Gasteiger charge is -2.39. The van der Waals surface area contributed by atoms with Gasteiger partial charge in [-0.3, -0.25) is 29.5 Å². The zero-order chi connectivity index (χ0) is 47.7. The summed E-state index contributed by atoms with van der Waals surface area (Å²) in [5, 5.41) is 14.0. The molecule has 18 heteroatoms. The Morgan fingerprint density at radius 3 is 2.47 bits per heavy atom. The highest BCUT2D eigenvalue weighted by Crippen LogP contribution is 2.44. The van der Waals surface area contributed by atoms with Crippen molar-refractivity contribution >= 4 is 61.4 Å². The van der Waals surface area contributed by atoms with Gasteiger partial charge < -0.3 is 24.3 Å². The Hall–Kier alpha value is -6.01. The van der Waals surface area contributed by atoms with Gasteiger partial charge in [-0.25, -0.2) is 18.1 Å². The smallest absolute Gasteiger partial charge is 0.277 e. The second kappa shape index (κ2) is 19.5. The number of allylic oxidation sites excluding steroid dienone is 1. The van der Waals surface area contributed by atoms with E-state index in [0.717, 1.165) is 61.1 Å². The summed E-state index contributed by atoms with van der Waals surface area (Å²) in [5.74, 6) is -0.410. The van der Waals surface area contributed by atoms with Crippen LogP contribution >= 0.6 is 11.6 Å². The van der Waals surface area contributed by atoms with Crippen LogP contribution in [0.5, 0.6) is 17.2 Å². The third kappa shape index (κ3) is 10.5. The Morgan fingerprint density at radius 2 is 1.74 bits per heavy atom. The molecular formula is C50H57ClN8O8S. The lowest BCUT2D eigenvalue weighted by Crippen LogP contribution is -2.50. The van der Waals surface area contributed by atoms with Gasteiger partial charge in [0.15, 0.2) is 0 Å². The van der Waals surface area contributed by atoms with Crippen LogP contribution < -0.4 is 19.1 Å². The second-order valence-electron chi connectivity index (χ2n) is 19.1. The van der Waals surface area contributed by atoms with Crippen molar-refractivity contribution < 1.29 is 32.4 Å². The van der Waals surface area contributed by atoms with Crippen LogP contribution in [0.4, 0.5) is 11.4 Å². The van der Waals surface area contributed by atoms with Gasteiger partial charge in [0, 0.05) is 118 Å². The van der Waals surface area contributed by atoms with Gasteiger partial charge in [-0.1, -0.05) is 50.1 Å². The first kappa shape index (κ1) is 47.1. The standard InChI is InChI=1S/C50H57ClN8O8S/c1-4-47(60)58-21-17-55(18-22-58)30-33-23-42-44(59(62)63)26-40(27-45(42)66-32-33)68(64,65)54-49(61)41-10-9-38(25-46(41)67-39-24-35-12-14-52-48(35)53-29-39)57-19-15-56(16-20-57)31-36-11-13-50(2,3)28-43(36)34-5-7-37(51)8-6-34/h5-10,12,14,24-27,29,33H,4,11,13,15-23,28,30-32H2,1-3H3,(H,52,53)(H,54,61)/t33-/m1/s1. The number of fused-ring (bicyclic) bond motifs is 2. The van der Waals surface area contributed by atoms with Crippen LogP contribution in [0.15, 0.2) is 89.6 Å². The van der Waals surface area contributed by atoms with Crippen molar-refractivity contribution in [1.29, 1.82) is 0 Å². The number of rotatable bonds is 13. The zero-order valence-corrected chi connectivity index (χ0v) is 40.2. The Balaban J connectivity index is 0.916. The number of nitrogens with zero attached hydrogens (tertiary/aromatic N) is 6. The largest absolute Gasteiger partial charge is 0.493 e. The molecule has 0 unspecified atom stereocenters. The summed E-state index contributed by atoms with van der Waals surface area (Å²) in [7, 11) is -4.66. The average molecular weight is 966 g/mol. The van der Waals surface area contributed by atoms with Crippen LogP contribution in [0.25, 0.3) is 16.6 Å². The average Bonchev–Trinajstić information content (AvgIpc) is 3.80. The Morgan fingerprint density at radius 1 is 0.985 bits per heavy atom. The lowest BCUT2D eigenvalue weighted by atomic mass is 9.72. The zero-order valence-electron chi connectivity index (χ0n) is 38.6. The summed E-state index contributed by atoms with van der Waals surface area (Å²) < 4.78 is 42.5. The Kier molecular flexibility index (Phi) is 13.5. The van der Waals surface area contributed by atoms with Crippen molar-refractivity contribution in [3.8, 4) is 17.2 Å². The molecule has 0 saturated carbocycles. The van der Waals surface area contributed by atoms with E-state index in [1.54, 1.807) is 24.4 Å². The van der Waals surface area contributed by atoms with E-state index in [-0.39, 0.29) is 40.9 Å². The van der Waals surface area contributed by atoms with E-state index >= 15 is 0 Å². The molecule has 9 rings (SSSR count). The fourth-order valence-corrected chi connectivity index (χ4v) is 11.0. The number of sulfonamides is 1. The summed E-state index contributed by atoms with van der Waals surface area (Å²) in [4.78, 5) is 53.9. The highest BCUT2D eigenvalue weighted by atomic mass is 35.5. The van der Waals surface area contributed by atoms with E-state index < -0.39 is 31.4 Å². The molecule has 3 aromatic carbocycles. The first-order valence-corrected chi connectivity index (χ1v) is 25.2. The minimum atomic E-state index is -4.66. The number of pyridine rings is 1. The van der Waals surface area contributed by atoms with Crippen molar-refractivity contribution in [2.45, 2.75) is 57.8 Å². The highest BCUT2D eigenvalue weighted by molar-refractivity contribution is 7.90. The summed E-state index contributed by atoms with van der Waals surface area (Å²) in [6.45, 7) is 13.9. The summed E-state index contributed by atoms with van der Waals surface area (Å²) in [6.07, 6.45) is 7.21. The fourth-order valence-electron chi connectivity index (χ4n) is 9.92. The summed E-state index contributed by atoms with van der Waals surface area (Å²) >= 11 is 6.25. The number of carbonyl (C=O) groups is 2. The van der Waals surface area contributed by atoms with E-state index in [1.807, 2.05) is 30.0 Å². The number of aromatic nitrogens is 2. The van der Waals surface area contributed by atoms with Gasteiger partial charge in [-0.05, 0) is 78.6 Å². The maximum atomic E-state index is 14.1. The molecule has 2 fully saturated rings. The van der Waals surface area contributed by atoms with E-state index in [9.17, 15) is 28.1 Å². The number of anilines is 1. The molecule has 1 aliphatic carbocycles. The number of hydrogen-bond acceptors (Lipinski definition) is 12. The topological polar surface area (TPSA) is 184 Å². The molecule has 2 aromatic heterocycles. The lowest BCUT2D eigenvalue weighted by molar-refractivity contribution is -0.386. The van der Waals surface area contributed by atoms with Gasteiger partial charge in [0.1, 0.15) is 22.9 Å². The summed E-state index contributed by atoms with van der Waals surface area (Å²) in [6, 6.07) is 19.1. The first-order chi connectivity index (χ1) is 32.6. The van der Waals surface area contributed by atoms with E-state index in [0.29, 0.717) is 75.6 Å². The number of nitrogens with one attached hydrogen (secondary N) is 2. The highest BCUT2D eigenvalue weighted by Gasteiger charge is 2.34. The van der Waals surface area contributed by atoms with Crippen LogP contribution in [0.3, 0.4) is 0 Å². The Bertz CT molecular complexity index is 2870. The third-order valence-corrected chi connectivity index (χ3v) is 15.3. The minimum absolute atomic E-state index is 0.0570. The molecule has 16 nitrogen and oxygen atoms in total. The van der Waals surface area contributed by atoms with Gasteiger partial charge in [0.25, 0.3) is 21.6 Å². The van der Waals surface area contributed by atoms with Crippen molar-refractivity contribution in [2.24, 2.45) is 11.3 Å². The number of piperazine rings is 2. The number of carbonyl (C=O) groups excluding carboxylic acids is 2. The molecule has 1 atom stereocenters. The number of amides is 2. The maximum absolute atomic E-state index is 14.1. The van der Waals surface area contributed by atoms with Crippen molar-refractivity contribution in [1.82, 2.24) is 29.4 Å². The second-order valence-corrected chi connectivity index (χ2v) is 21.2. The molecule has 2 amide bonds. The van der Waals surface area contributed by atoms with Crippen LogP contribution in [0.2, 0.25) is 5.02 Å². The van der Waals surface area contributed by atoms with Crippen LogP contribution in [0.1, 0.15) is 67.9 Å². The predicted octanol–water partition coefficient (Wildman–Crippen LogP) is 7.93. The van der Waals surface area contributed by atoms with Crippen molar-refractivity contribution in [3.05, 3.63) is 117 Å². The van der Waals surface area contributed by atoms with E-state index in [4.69, 9.17) is 21.1 Å². The SMILES string of the molecule is CCC(=O)N1CCN(C[C@@H]2COc3cc(S(=O)(=O)NC(=O)c4ccc(N5CCN(CC6=C(c7ccc(Cl)cc7)CC(C)(C)CC6)CC5)cc4Oc4cnc5[nH]ccc5c4)cc([N+](=O)[O-])c3C2)CC1. The third-order valence-electron chi connectivity index (χ3n) is 13.7. The molecule has 2 saturated heterocycles. The van der Waals surface area contributed by atoms with Crippen molar-refractivity contribution in [3.63, 3.8) is 0 Å². The number of benzene rings is 3. The molecule has 5 aromatic rings. The van der Waals surface area contributed by atoms with Gasteiger partial charge in [-0.15, -0.1) is 0 Å². The van der Waals surface area contributed by atoms with Crippen molar-refractivity contribution in [2.75, 3.05) is 77.0 Å². The monoisotopic (exact) mass is 964 g/mol. The Labute approximate surface area is 401 Å². The number of ether oxygens (including phenoxy) is 2. The number of nitro groups is 1. The molecule has 68 heavy (non-hydrogen) atoms. The molecule has 2 N–H and O–H groups in total. The molecule has 0 radical (unpaired) electrons. The number of hydrogen-bond donors (Lipinski definition) is 2. The van der Waals surface area contributed by atoms with E-state index in [2.05, 4.69) is 55.4 Å². The predicted molar refractivity (Wildman–Crippen MR) is 261 cm³/mol. The van der Waals surface area contributed by atoms with Crippen LogP contribution in [-0.4, -0.2) is 122 Å².